The lowest BCUT2D eigenvalue weighted by molar-refractivity contribution is 0.209. The summed E-state index contributed by atoms with van der Waals surface area (Å²) in [5.41, 5.74) is 3.58. The Bertz CT molecular complexity index is 526. The smallest absolute Gasteiger partial charge is 0.141 e. The summed E-state index contributed by atoms with van der Waals surface area (Å²) in [5, 5.41) is 0.461. The van der Waals surface area contributed by atoms with E-state index in [0.717, 1.165) is 5.57 Å². The van der Waals surface area contributed by atoms with Crippen molar-refractivity contribution >= 4 is 11.6 Å². The second-order valence-electron chi connectivity index (χ2n) is 4.40. The first kappa shape index (κ1) is 16.6. The fourth-order valence-electron chi connectivity index (χ4n) is 2.32. The van der Waals surface area contributed by atoms with Crippen LogP contribution in [0.2, 0.25) is 0 Å². The fourth-order valence-corrected chi connectivity index (χ4v) is 2.48. The molecule has 1 heterocycles. The van der Waals surface area contributed by atoms with Crippen molar-refractivity contribution in [2.45, 2.75) is 40.2 Å². The van der Waals surface area contributed by atoms with Crippen LogP contribution in [0.4, 0.5) is 0 Å². The monoisotopic (exact) mass is 290 g/mol. The summed E-state index contributed by atoms with van der Waals surface area (Å²) < 4.78 is 5.82. The van der Waals surface area contributed by atoms with E-state index in [4.69, 9.17) is 16.3 Å². The average Bonchev–Trinajstić information content (AvgIpc) is 2.60. The van der Waals surface area contributed by atoms with E-state index in [2.05, 4.69) is 37.8 Å². The number of hydrogen-bond acceptors (Lipinski definition) is 1. The van der Waals surface area contributed by atoms with Crippen LogP contribution in [0.15, 0.2) is 59.4 Å². The Morgan fingerprint density at radius 3 is 2.60 bits per heavy atom. The molecular formula is C18H23ClO. The molecule has 1 aromatic carbocycles. The summed E-state index contributed by atoms with van der Waals surface area (Å²) in [5.74, 6) is 0.962. The molecule has 0 saturated heterocycles. The molecule has 0 saturated carbocycles. The second-order valence-corrected chi connectivity index (χ2v) is 4.85. The molecular weight excluding hydrogens is 268 g/mol. The molecule has 0 aliphatic carbocycles. The van der Waals surface area contributed by atoms with Gasteiger partial charge in [0.05, 0.1) is 5.03 Å². The molecule has 0 spiro atoms. The first-order chi connectivity index (χ1) is 9.65. The fraction of sp³-hybridized carbons (Fsp3) is 0.333. The third-order valence-electron chi connectivity index (χ3n) is 3.21. The molecule has 108 valence electrons. The van der Waals surface area contributed by atoms with E-state index in [1.807, 2.05) is 32.9 Å². The molecule has 0 fully saturated rings. The molecule has 20 heavy (non-hydrogen) atoms. The van der Waals surface area contributed by atoms with E-state index >= 15 is 0 Å². The van der Waals surface area contributed by atoms with Crippen LogP contribution >= 0.6 is 11.6 Å². The highest BCUT2D eigenvalue weighted by Gasteiger charge is 2.22. The van der Waals surface area contributed by atoms with Gasteiger partial charge in [0.2, 0.25) is 0 Å². The Morgan fingerprint density at radius 1 is 1.35 bits per heavy atom. The Hall–Kier alpha value is -1.47. The first-order valence-electron chi connectivity index (χ1n) is 7.07. The molecule has 1 atom stereocenters. The minimum atomic E-state index is 0.255. The predicted molar refractivity (Wildman–Crippen MR) is 87.8 cm³/mol. The van der Waals surface area contributed by atoms with Crippen molar-refractivity contribution < 1.29 is 4.74 Å². The van der Waals surface area contributed by atoms with Gasteiger partial charge < -0.3 is 4.74 Å². The van der Waals surface area contributed by atoms with Crippen molar-refractivity contribution in [2.24, 2.45) is 0 Å². The van der Waals surface area contributed by atoms with E-state index in [-0.39, 0.29) is 5.92 Å². The van der Waals surface area contributed by atoms with Crippen molar-refractivity contribution in [3.05, 3.63) is 70.5 Å². The Kier molecular flexibility index (Phi) is 6.60. The van der Waals surface area contributed by atoms with E-state index < -0.39 is 0 Å². The van der Waals surface area contributed by atoms with Crippen LogP contribution in [-0.2, 0) is 11.3 Å². The zero-order chi connectivity index (χ0) is 15.1. The van der Waals surface area contributed by atoms with Gasteiger partial charge in [-0.3, -0.25) is 0 Å². The van der Waals surface area contributed by atoms with Crippen molar-refractivity contribution in [3.8, 4) is 0 Å². The average molecular weight is 291 g/mol. The van der Waals surface area contributed by atoms with Gasteiger partial charge in [-0.15, -0.1) is 0 Å². The number of fused-ring (bicyclic) bond motifs is 1. The largest absolute Gasteiger partial charge is 0.487 e. The third-order valence-corrected chi connectivity index (χ3v) is 3.39. The van der Waals surface area contributed by atoms with Gasteiger partial charge in [0.15, 0.2) is 0 Å². The predicted octanol–water partition coefficient (Wildman–Crippen LogP) is 5.93. The Balaban J connectivity index is 0.000000956. The minimum Gasteiger partial charge on any atom is -0.487 e. The summed E-state index contributed by atoms with van der Waals surface area (Å²) in [6.07, 6.45) is 4.05. The molecule has 2 heteroatoms. The molecule has 0 bridgehead atoms. The van der Waals surface area contributed by atoms with Gasteiger partial charge in [0.25, 0.3) is 0 Å². The molecule has 0 radical (unpaired) electrons. The van der Waals surface area contributed by atoms with E-state index in [9.17, 15) is 0 Å². The van der Waals surface area contributed by atoms with Gasteiger partial charge in [-0.05, 0) is 18.1 Å². The first-order valence-corrected chi connectivity index (χ1v) is 7.45. The van der Waals surface area contributed by atoms with E-state index in [1.165, 1.54) is 11.1 Å². The third kappa shape index (κ3) is 3.55. The molecule has 0 N–H and O–H groups in total. The van der Waals surface area contributed by atoms with Crippen LogP contribution in [0.5, 0.6) is 0 Å². The van der Waals surface area contributed by atoms with Crippen LogP contribution in [0, 0.1) is 0 Å². The molecule has 0 amide bonds. The van der Waals surface area contributed by atoms with Crippen LogP contribution in [0.1, 0.15) is 44.7 Å². The highest BCUT2D eigenvalue weighted by Crippen LogP contribution is 2.36. The maximum Gasteiger partial charge on any atom is 0.141 e. The molecule has 1 unspecified atom stereocenters. The van der Waals surface area contributed by atoms with Gasteiger partial charge in [-0.25, -0.2) is 0 Å². The number of rotatable bonds is 2. The maximum absolute atomic E-state index is 6.06. The lowest BCUT2D eigenvalue weighted by atomic mass is 9.89. The van der Waals surface area contributed by atoms with Crippen molar-refractivity contribution in [1.82, 2.24) is 0 Å². The standard InChI is InChI=1S/C16H17ClO.C2H6/c1-4-7-15-11(2)14-9-6-5-8-13(14)10-18-16(15)12(3)17;1-2/h4-9,11H,3,10H2,1-2H3;1-2H3/b7-4-;. The normalized spacial score (nSPS) is 17.8. The van der Waals surface area contributed by atoms with E-state index in [1.54, 1.807) is 0 Å². The summed E-state index contributed by atoms with van der Waals surface area (Å²) in [7, 11) is 0. The SMILES string of the molecule is C=C(Cl)C1=C(/C=C\C)C(C)c2ccccc2CO1.CC. The molecule has 0 aromatic heterocycles. The molecule has 1 aliphatic heterocycles. The van der Waals surface area contributed by atoms with Crippen LogP contribution < -0.4 is 0 Å². The van der Waals surface area contributed by atoms with Gasteiger partial charge in [-0.1, -0.05) is 75.4 Å². The van der Waals surface area contributed by atoms with Crippen LogP contribution in [0.3, 0.4) is 0 Å². The minimum absolute atomic E-state index is 0.255. The zero-order valence-corrected chi connectivity index (χ0v) is 13.5. The highest BCUT2D eigenvalue weighted by molar-refractivity contribution is 6.31. The second kappa shape index (κ2) is 7.96. The number of ether oxygens (including phenoxy) is 1. The molecule has 1 aromatic rings. The summed E-state index contributed by atoms with van der Waals surface area (Å²) >= 11 is 6.06. The highest BCUT2D eigenvalue weighted by atomic mass is 35.5. The Morgan fingerprint density at radius 2 is 2.00 bits per heavy atom. The zero-order valence-electron chi connectivity index (χ0n) is 12.7. The van der Waals surface area contributed by atoms with Crippen LogP contribution in [-0.4, -0.2) is 0 Å². The number of halogens is 1. The van der Waals surface area contributed by atoms with Gasteiger partial charge in [0.1, 0.15) is 12.4 Å². The van der Waals surface area contributed by atoms with Crippen LogP contribution in [0.25, 0.3) is 0 Å². The van der Waals surface area contributed by atoms with Gasteiger partial charge >= 0.3 is 0 Å². The summed E-state index contributed by atoms with van der Waals surface area (Å²) in [6, 6.07) is 8.33. The molecule has 2 rings (SSSR count). The number of benzene rings is 1. The number of hydrogen-bond donors (Lipinski definition) is 0. The summed E-state index contributed by atoms with van der Waals surface area (Å²) in [6.45, 7) is 12.5. The van der Waals surface area contributed by atoms with Gasteiger partial charge in [-0.2, -0.15) is 0 Å². The van der Waals surface area contributed by atoms with Crippen molar-refractivity contribution in [1.29, 1.82) is 0 Å². The van der Waals surface area contributed by atoms with Crippen molar-refractivity contribution in [3.63, 3.8) is 0 Å². The topological polar surface area (TPSA) is 9.23 Å². The molecule has 1 nitrogen and oxygen atoms in total. The Labute approximate surface area is 127 Å². The quantitative estimate of drug-likeness (QED) is 0.656. The van der Waals surface area contributed by atoms with Gasteiger partial charge in [0, 0.05) is 11.5 Å². The van der Waals surface area contributed by atoms with E-state index in [0.29, 0.717) is 17.4 Å². The summed E-state index contributed by atoms with van der Waals surface area (Å²) in [4.78, 5) is 0. The lowest BCUT2D eigenvalue weighted by Gasteiger charge is -2.15. The number of allylic oxidation sites excluding steroid dienone is 4. The molecule has 1 aliphatic rings. The van der Waals surface area contributed by atoms with Crippen molar-refractivity contribution in [2.75, 3.05) is 0 Å². The lowest BCUT2D eigenvalue weighted by Crippen LogP contribution is -1.99. The maximum atomic E-state index is 6.06.